The second-order valence-corrected chi connectivity index (χ2v) is 3.85. The predicted molar refractivity (Wildman–Crippen MR) is 58.4 cm³/mol. The lowest BCUT2D eigenvalue weighted by Crippen LogP contribution is -1.94. The number of fused-ring (bicyclic) bond motifs is 1. The third-order valence-corrected chi connectivity index (χ3v) is 2.91. The highest BCUT2D eigenvalue weighted by Gasteiger charge is 2.19. The van der Waals surface area contributed by atoms with Crippen molar-refractivity contribution in [1.29, 1.82) is 0 Å². The van der Waals surface area contributed by atoms with Crippen molar-refractivity contribution in [3.05, 3.63) is 53.9 Å². The van der Waals surface area contributed by atoms with Crippen LogP contribution in [0.15, 0.2) is 42.7 Å². The van der Waals surface area contributed by atoms with E-state index in [-0.39, 0.29) is 5.78 Å². The van der Waals surface area contributed by atoms with E-state index in [1.165, 1.54) is 5.56 Å². The molecule has 1 aliphatic rings. The van der Waals surface area contributed by atoms with Crippen molar-refractivity contribution in [2.45, 2.75) is 12.8 Å². The first-order chi connectivity index (χ1) is 7.34. The number of benzene rings is 1. The largest absolute Gasteiger partial charge is 0.324 e. The minimum absolute atomic E-state index is 0.282. The molecule has 0 bridgehead atoms. The molecule has 0 atom stereocenters. The fraction of sp³-hybridized carbons (Fsp3) is 0.154. The summed E-state index contributed by atoms with van der Waals surface area (Å²) in [4.78, 5) is 11.5. The zero-order chi connectivity index (χ0) is 10.3. The van der Waals surface area contributed by atoms with Crippen LogP contribution in [0.3, 0.4) is 0 Å². The Balaban J connectivity index is 2.11. The summed E-state index contributed by atoms with van der Waals surface area (Å²) in [5, 5.41) is 0. The topological polar surface area (TPSA) is 22.0 Å². The lowest BCUT2D eigenvalue weighted by atomic mass is 10.1. The molecule has 0 unspecified atom stereocenters. The van der Waals surface area contributed by atoms with Crippen LogP contribution in [0.5, 0.6) is 0 Å². The minimum Gasteiger partial charge on any atom is -0.324 e. The molecule has 15 heavy (non-hydrogen) atoms. The molecule has 0 N–H and O–H groups in total. The van der Waals surface area contributed by atoms with Crippen LogP contribution < -0.4 is 0 Å². The van der Waals surface area contributed by atoms with E-state index < -0.39 is 0 Å². The third kappa shape index (κ3) is 1.30. The molecule has 2 nitrogen and oxygen atoms in total. The van der Waals surface area contributed by atoms with Gasteiger partial charge in [-0.1, -0.05) is 0 Å². The first-order valence-corrected chi connectivity index (χ1v) is 5.14. The van der Waals surface area contributed by atoms with Gasteiger partial charge in [0.05, 0.1) is 0 Å². The summed E-state index contributed by atoms with van der Waals surface area (Å²) in [6.07, 6.45) is 5.59. The molecule has 0 saturated heterocycles. The van der Waals surface area contributed by atoms with Crippen molar-refractivity contribution >= 4 is 5.78 Å². The minimum atomic E-state index is 0.282. The van der Waals surface area contributed by atoms with Crippen LogP contribution in [0.1, 0.15) is 22.3 Å². The molecule has 0 aliphatic heterocycles. The quantitative estimate of drug-likeness (QED) is 0.688. The maximum Gasteiger partial charge on any atom is 0.163 e. The van der Waals surface area contributed by atoms with E-state index in [4.69, 9.17) is 0 Å². The Hall–Kier alpha value is -1.83. The maximum atomic E-state index is 11.5. The molecule has 1 heterocycles. The summed E-state index contributed by atoms with van der Waals surface area (Å²) in [6.45, 7) is 0. The number of Topliss-reactive ketones (excluding diaryl/α,β-unsaturated/α-hetero) is 1. The summed E-state index contributed by atoms with van der Waals surface area (Å²) in [5.74, 6) is 0.282. The molecule has 2 heteroatoms. The van der Waals surface area contributed by atoms with Crippen LogP contribution in [0.25, 0.3) is 5.69 Å². The molecule has 74 valence electrons. The van der Waals surface area contributed by atoms with Gasteiger partial charge in [-0.2, -0.15) is 0 Å². The van der Waals surface area contributed by atoms with Gasteiger partial charge in [0.25, 0.3) is 0 Å². The maximum absolute atomic E-state index is 11.5. The number of ketones is 1. The van der Waals surface area contributed by atoms with Crippen molar-refractivity contribution < 1.29 is 4.79 Å². The number of hydrogen-bond acceptors (Lipinski definition) is 1. The smallest absolute Gasteiger partial charge is 0.163 e. The van der Waals surface area contributed by atoms with E-state index in [2.05, 4.69) is 10.6 Å². The number of rotatable bonds is 1. The Morgan fingerprint density at radius 1 is 1.07 bits per heavy atom. The van der Waals surface area contributed by atoms with Crippen molar-refractivity contribution in [3.8, 4) is 5.69 Å². The van der Waals surface area contributed by atoms with Crippen molar-refractivity contribution in [3.63, 3.8) is 0 Å². The van der Waals surface area contributed by atoms with Gasteiger partial charge in [-0.15, -0.1) is 0 Å². The number of aromatic nitrogens is 1. The summed E-state index contributed by atoms with van der Waals surface area (Å²) in [5.41, 5.74) is 3.23. The molecule has 0 spiro atoms. The normalized spacial score (nSPS) is 14.3. The lowest BCUT2D eigenvalue weighted by Gasteiger charge is -2.05. The summed E-state index contributed by atoms with van der Waals surface area (Å²) in [7, 11) is 0. The molecule has 0 saturated carbocycles. The Bertz CT molecular complexity index is 511. The van der Waals surface area contributed by atoms with Crippen molar-refractivity contribution in [2.75, 3.05) is 0 Å². The van der Waals surface area contributed by atoms with E-state index in [0.29, 0.717) is 6.42 Å². The average molecular weight is 197 g/mol. The van der Waals surface area contributed by atoms with Gasteiger partial charge in [0, 0.05) is 30.1 Å². The number of aryl methyl sites for hydroxylation is 1. The summed E-state index contributed by atoms with van der Waals surface area (Å²) < 4.78 is 2.06. The fourth-order valence-electron chi connectivity index (χ4n) is 2.11. The zero-order valence-corrected chi connectivity index (χ0v) is 8.31. The third-order valence-electron chi connectivity index (χ3n) is 2.91. The van der Waals surface area contributed by atoms with E-state index >= 15 is 0 Å². The van der Waals surface area contributed by atoms with Crippen molar-refractivity contribution in [2.24, 2.45) is 0 Å². The molecule has 0 amide bonds. The molecule has 1 aromatic carbocycles. The average Bonchev–Trinajstić information content (AvgIpc) is 2.88. The zero-order valence-electron chi connectivity index (χ0n) is 8.31. The van der Waals surface area contributed by atoms with Crippen LogP contribution in [-0.2, 0) is 6.42 Å². The molecule has 2 aromatic rings. The number of carbonyl (C=O) groups is 1. The van der Waals surface area contributed by atoms with Gasteiger partial charge in [0.15, 0.2) is 5.78 Å². The number of nitrogens with zero attached hydrogens (tertiary/aromatic N) is 1. The van der Waals surface area contributed by atoms with E-state index in [0.717, 1.165) is 17.7 Å². The van der Waals surface area contributed by atoms with Gasteiger partial charge in [-0.05, 0) is 42.3 Å². The SMILES string of the molecule is O=C1CCc2cc(-n3cccc3)ccc21. The van der Waals surface area contributed by atoms with Gasteiger partial charge in [0.2, 0.25) is 0 Å². The molecule has 1 aliphatic carbocycles. The first kappa shape index (κ1) is 8.48. The molecular formula is C13H11NO. The Kier molecular flexibility index (Phi) is 1.75. The Morgan fingerprint density at radius 2 is 1.87 bits per heavy atom. The van der Waals surface area contributed by atoms with Gasteiger partial charge in [-0.25, -0.2) is 0 Å². The van der Waals surface area contributed by atoms with Gasteiger partial charge >= 0.3 is 0 Å². The molecule has 0 fully saturated rings. The predicted octanol–water partition coefficient (Wildman–Crippen LogP) is 2.61. The lowest BCUT2D eigenvalue weighted by molar-refractivity contribution is 0.0994. The van der Waals surface area contributed by atoms with Crippen LogP contribution in [-0.4, -0.2) is 10.4 Å². The number of carbonyl (C=O) groups excluding carboxylic acids is 1. The van der Waals surface area contributed by atoms with Crippen LogP contribution >= 0.6 is 0 Å². The highest BCUT2D eigenvalue weighted by molar-refractivity contribution is 6.00. The molecular weight excluding hydrogens is 186 g/mol. The summed E-state index contributed by atoms with van der Waals surface area (Å²) in [6, 6.07) is 10.1. The fourth-order valence-corrected chi connectivity index (χ4v) is 2.11. The standard InChI is InChI=1S/C13H11NO/c15-13-6-3-10-9-11(4-5-12(10)13)14-7-1-2-8-14/h1-2,4-5,7-9H,3,6H2. The second-order valence-electron chi connectivity index (χ2n) is 3.85. The Morgan fingerprint density at radius 3 is 2.67 bits per heavy atom. The monoisotopic (exact) mass is 197 g/mol. The second kappa shape index (κ2) is 3.09. The number of hydrogen-bond donors (Lipinski definition) is 0. The van der Waals surface area contributed by atoms with Gasteiger partial charge in [0.1, 0.15) is 0 Å². The highest BCUT2D eigenvalue weighted by Crippen LogP contribution is 2.24. The molecule has 1 aromatic heterocycles. The first-order valence-electron chi connectivity index (χ1n) is 5.14. The highest BCUT2D eigenvalue weighted by atomic mass is 16.1. The molecule has 3 rings (SSSR count). The van der Waals surface area contributed by atoms with Crippen molar-refractivity contribution in [1.82, 2.24) is 4.57 Å². The van der Waals surface area contributed by atoms with E-state index in [1.807, 2.05) is 36.7 Å². The van der Waals surface area contributed by atoms with E-state index in [9.17, 15) is 4.79 Å². The van der Waals surface area contributed by atoms with Crippen LogP contribution in [0.4, 0.5) is 0 Å². The van der Waals surface area contributed by atoms with E-state index in [1.54, 1.807) is 0 Å². The molecule has 0 radical (unpaired) electrons. The van der Waals surface area contributed by atoms with Gasteiger partial charge in [-0.3, -0.25) is 4.79 Å². The van der Waals surface area contributed by atoms with Crippen LogP contribution in [0.2, 0.25) is 0 Å². The summed E-state index contributed by atoms with van der Waals surface area (Å²) >= 11 is 0. The van der Waals surface area contributed by atoms with Gasteiger partial charge < -0.3 is 4.57 Å². The van der Waals surface area contributed by atoms with Crippen LogP contribution in [0, 0.1) is 0 Å². The Labute approximate surface area is 88.2 Å².